The van der Waals surface area contributed by atoms with E-state index in [4.69, 9.17) is 0 Å². The van der Waals surface area contributed by atoms with Crippen LogP contribution < -0.4 is 0 Å². The summed E-state index contributed by atoms with van der Waals surface area (Å²) in [5, 5.41) is 0. The molecule has 0 saturated carbocycles. The molecule has 0 bridgehead atoms. The highest BCUT2D eigenvalue weighted by molar-refractivity contribution is 9.09. The van der Waals surface area contributed by atoms with Gasteiger partial charge in [0.2, 0.25) is 0 Å². The minimum Gasteiger partial charge on any atom is -0.303 e. The highest BCUT2D eigenvalue weighted by Crippen LogP contribution is 2.08. The lowest BCUT2D eigenvalue weighted by Gasteiger charge is -2.15. The Labute approximate surface area is 64.4 Å². The van der Waals surface area contributed by atoms with E-state index in [-0.39, 0.29) is 0 Å². The molecule has 0 aliphatic heterocycles. The van der Waals surface area contributed by atoms with Crippen LogP contribution in [-0.4, -0.2) is 30.2 Å². The van der Waals surface area contributed by atoms with Gasteiger partial charge in [0.25, 0.3) is 0 Å². The van der Waals surface area contributed by atoms with Gasteiger partial charge in [-0.1, -0.05) is 15.9 Å². The molecule has 0 saturated heterocycles. The minimum atomic E-state index is 0.336. The van der Waals surface area contributed by atoms with Crippen molar-refractivity contribution in [2.45, 2.75) is 17.8 Å². The Morgan fingerprint density at radius 1 is 1.67 bits per heavy atom. The van der Waals surface area contributed by atoms with E-state index in [0.29, 0.717) is 11.4 Å². The number of halogens is 1. The summed E-state index contributed by atoms with van der Waals surface area (Å²) in [6.45, 7) is 0. The normalized spacial score (nSPS) is 13.8. The summed E-state index contributed by atoms with van der Waals surface area (Å²) in [6, 6.07) is 0. The van der Waals surface area contributed by atoms with E-state index >= 15 is 0 Å². The predicted molar refractivity (Wildman–Crippen MR) is 41.7 cm³/mol. The number of hydrogen-bond donors (Lipinski definition) is 0. The summed E-state index contributed by atoms with van der Waals surface area (Å²) in [7, 11) is 3.95. The van der Waals surface area contributed by atoms with Crippen molar-refractivity contribution in [3.63, 3.8) is 0 Å². The maximum atomic E-state index is 9.89. The van der Waals surface area contributed by atoms with E-state index < -0.39 is 0 Å². The smallest absolute Gasteiger partial charge is 0.120 e. The molecule has 0 radical (unpaired) electrons. The maximum Gasteiger partial charge on any atom is 0.120 e. The number of hydrogen-bond acceptors (Lipinski definition) is 2. The molecule has 0 fully saturated rings. The first-order valence-electron chi connectivity index (χ1n) is 2.92. The molecule has 0 aromatic heterocycles. The third kappa shape index (κ3) is 4.60. The van der Waals surface area contributed by atoms with E-state index in [1.807, 2.05) is 19.0 Å². The average molecular weight is 194 g/mol. The topological polar surface area (TPSA) is 20.3 Å². The lowest BCUT2D eigenvalue weighted by molar-refractivity contribution is -0.108. The fourth-order valence-corrected chi connectivity index (χ4v) is 0.728. The second-order valence-electron chi connectivity index (χ2n) is 2.14. The van der Waals surface area contributed by atoms with Gasteiger partial charge in [-0.25, -0.2) is 0 Å². The van der Waals surface area contributed by atoms with Crippen LogP contribution in [-0.2, 0) is 4.79 Å². The van der Waals surface area contributed by atoms with Crippen LogP contribution in [0, 0.1) is 0 Å². The van der Waals surface area contributed by atoms with Crippen molar-refractivity contribution in [2.24, 2.45) is 0 Å². The van der Waals surface area contributed by atoms with E-state index in [9.17, 15) is 4.79 Å². The Hall–Kier alpha value is 0.110. The van der Waals surface area contributed by atoms with Gasteiger partial charge in [0.15, 0.2) is 0 Å². The third-order valence-corrected chi connectivity index (χ3v) is 2.36. The van der Waals surface area contributed by atoms with Gasteiger partial charge in [-0.05, 0) is 20.5 Å². The van der Waals surface area contributed by atoms with Crippen molar-refractivity contribution in [3.05, 3.63) is 0 Å². The van der Waals surface area contributed by atoms with E-state index in [1.54, 1.807) is 0 Å². The number of rotatable bonds is 4. The third-order valence-electron chi connectivity index (χ3n) is 1.08. The van der Waals surface area contributed by atoms with Crippen LogP contribution in [0.15, 0.2) is 0 Å². The Morgan fingerprint density at radius 2 is 2.22 bits per heavy atom. The van der Waals surface area contributed by atoms with Gasteiger partial charge in [-0.15, -0.1) is 0 Å². The second kappa shape index (κ2) is 4.94. The first kappa shape index (κ1) is 9.11. The number of carbonyl (C=O) groups excluding carboxylic acids is 1. The highest BCUT2D eigenvalue weighted by atomic mass is 79.9. The quantitative estimate of drug-likeness (QED) is 0.381. The Balaban J connectivity index is 3.26. The second-order valence-corrected chi connectivity index (χ2v) is 3.20. The van der Waals surface area contributed by atoms with Crippen molar-refractivity contribution in [3.8, 4) is 0 Å². The molecular weight excluding hydrogens is 182 g/mol. The number of aldehydes is 1. The van der Waals surface area contributed by atoms with Crippen molar-refractivity contribution in [1.82, 2.24) is 4.90 Å². The Bertz CT molecular complexity index is 85.1. The molecule has 0 aliphatic rings. The molecule has 0 spiro atoms. The van der Waals surface area contributed by atoms with Crippen molar-refractivity contribution in [2.75, 3.05) is 14.1 Å². The molecule has 1 atom stereocenters. The molecule has 9 heavy (non-hydrogen) atoms. The molecule has 0 aromatic rings. The van der Waals surface area contributed by atoms with Crippen LogP contribution >= 0.6 is 15.9 Å². The fraction of sp³-hybridized carbons (Fsp3) is 0.833. The van der Waals surface area contributed by atoms with Gasteiger partial charge in [0.1, 0.15) is 6.29 Å². The molecular formula is C6H12BrNO. The molecule has 0 amide bonds. The average Bonchev–Trinajstić information content (AvgIpc) is 1.82. The zero-order valence-electron chi connectivity index (χ0n) is 5.80. The molecule has 1 unspecified atom stereocenters. The summed E-state index contributed by atoms with van der Waals surface area (Å²) in [4.78, 5) is 12.3. The van der Waals surface area contributed by atoms with Crippen LogP contribution in [0.5, 0.6) is 0 Å². The maximum absolute atomic E-state index is 9.89. The highest BCUT2D eigenvalue weighted by Gasteiger charge is 2.03. The Morgan fingerprint density at radius 3 is 2.56 bits per heavy atom. The molecule has 0 aliphatic carbocycles. The standard InChI is InChI=1S/C6H12BrNO/c1-8(2)6(7)4-3-5-9/h5-6H,3-4H2,1-2H3. The zero-order chi connectivity index (χ0) is 7.28. The van der Waals surface area contributed by atoms with Crippen LogP contribution in [0.3, 0.4) is 0 Å². The zero-order valence-corrected chi connectivity index (χ0v) is 7.39. The van der Waals surface area contributed by atoms with Crippen LogP contribution in [0.1, 0.15) is 12.8 Å². The number of alkyl halides is 1. The molecule has 0 N–H and O–H groups in total. The monoisotopic (exact) mass is 193 g/mol. The van der Waals surface area contributed by atoms with E-state index in [1.165, 1.54) is 0 Å². The first-order chi connectivity index (χ1) is 4.18. The molecule has 0 rings (SSSR count). The molecule has 0 heterocycles. The molecule has 54 valence electrons. The van der Waals surface area contributed by atoms with Crippen molar-refractivity contribution < 1.29 is 4.79 Å². The van der Waals surface area contributed by atoms with Crippen LogP contribution in [0.25, 0.3) is 0 Å². The van der Waals surface area contributed by atoms with Crippen molar-refractivity contribution in [1.29, 1.82) is 0 Å². The van der Waals surface area contributed by atoms with Crippen LogP contribution in [0.2, 0.25) is 0 Å². The summed E-state index contributed by atoms with van der Waals surface area (Å²) in [6.07, 6.45) is 2.46. The first-order valence-corrected chi connectivity index (χ1v) is 3.84. The van der Waals surface area contributed by atoms with Gasteiger partial charge < -0.3 is 4.79 Å². The molecule has 0 aromatic carbocycles. The SMILES string of the molecule is CN(C)C(Br)CCC=O. The van der Waals surface area contributed by atoms with Gasteiger partial charge in [-0.3, -0.25) is 4.90 Å². The van der Waals surface area contributed by atoms with Gasteiger partial charge in [-0.2, -0.15) is 0 Å². The Kier molecular flexibility index (Phi) is 5.00. The lowest BCUT2D eigenvalue weighted by atomic mass is 10.3. The minimum absolute atomic E-state index is 0.336. The van der Waals surface area contributed by atoms with Gasteiger partial charge >= 0.3 is 0 Å². The fourth-order valence-electron chi connectivity index (χ4n) is 0.464. The van der Waals surface area contributed by atoms with Crippen LogP contribution in [0.4, 0.5) is 0 Å². The largest absolute Gasteiger partial charge is 0.303 e. The molecule has 3 heteroatoms. The summed E-state index contributed by atoms with van der Waals surface area (Å²) < 4.78 is 0. The van der Waals surface area contributed by atoms with E-state index in [0.717, 1.165) is 12.7 Å². The summed E-state index contributed by atoms with van der Waals surface area (Å²) >= 11 is 3.41. The summed E-state index contributed by atoms with van der Waals surface area (Å²) in [5.74, 6) is 0. The number of nitrogens with zero attached hydrogens (tertiary/aromatic N) is 1. The number of carbonyl (C=O) groups is 1. The van der Waals surface area contributed by atoms with Crippen molar-refractivity contribution >= 4 is 22.2 Å². The molecule has 2 nitrogen and oxygen atoms in total. The summed E-state index contributed by atoms with van der Waals surface area (Å²) in [5.41, 5.74) is 0. The van der Waals surface area contributed by atoms with Gasteiger partial charge in [0.05, 0.1) is 4.95 Å². The predicted octanol–water partition coefficient (Wildman–Crippen LogP) is 1.25. The lowest BCUT2D eigenvalue weighted by Crippen LogP contribution is -2.21. The van der Waals surface area contributed by atoms with Gasteiger partial charge in [0, 0.05) is 6.42 Å². The van der Waals surface area contributed by atoms with E-state index in [2.05, 4.69) is 15.9 Å².